The Hall–Kier alpha value is -3.98. The van der Waals surface area contributed by atoms with E-state index in [1.165, 1.54) is 6.20 Å². The van der Waals surface area contributed by atoms with Gasteiger partial charge in [-0.25, -0.2) is 15.0 Å². The summed E-state index contributed by atoms with van der Waals surface area (Å²) in [5.41, 5.74) is -1.88. The summed E-state index contributed by atoms with van der Waals surface area (Å²) in [4.78, 5) is 26.4. The maximum atomic E-state index is 13.7. The molecule has 0 saturated carbocycles. The van der Waals surface area contributed by atoms with Crippen molar-refractivity contribution in [1.29, 1.82) is 0 Å². The molecule has 2 N–H and O–H groups in total. The molecule has 1 amide bonds. The Morgan fingerprint density at radius 2 is 1.92 bits per heavy atom. The fraction of sp³-hybridized carbons (Fsp3) is 0.500. The molecule has 0 aromatic carbocycles. The highest BCUT2D eigenvalue weighted by Crippen LogP contribution is 2.46. The number of amides is 1. The molecule has 0 bridgehead atoms. The van der Waals surface area contributed by atoms with Gasteiger partial charge in [0.2, 0.25) is 17.7 Å². The van der Waals surface area contributed by atoms with Crippen molar-refractivity contribution in [2.45, 2.75) is 51.1 Å². The number of aryl methyl sites for hydroxylation is 1. The number of allylic oxidation sites excluding steroid dienone is 1. The van der Waals surface area contributed by atoms with Gasteiger partial charge in [-0.3, -0.25) is 9.80 Å². The van der Waals surface area contributed by atoms with Gasteiger partial charge in [-0.2, -0.15) is 27.1 Å². The molecule has 16 heteroatoms. The second-order valence-electron chi connectivity index (χ2n) is 9.47. The van der Waals surface area contributed by atoms with Crippen LogP contribution in [0, 0.1) is 12.3 Å². The van der Waals surface area contributed by atoms with E-state index in [1.54, 1.807) is 33.9 Å². The normalized spacial score (nSPS) is 24.7. The molecule has 0 spiro atoms. The lowest BCUT2D eigenvalue weighted by molar-refractivity contribution is -0.284. The molecule has 5 heterocycles. The predicted octanol–water partition coefficient (Wildman–Crippen LogP) is 3.40. The minimum absolute atomic E-state index is 0.0351. The zero-order valence-electron chi connectivity index (χ0n) is 20.6. The maximum Gasteiger partial charge on any atom is 0.453 e. The monoisotopic (exact) mass is 539 g/mol. The van der Waals surface area contributed by atoms with Crippen LogP contribution in [-0.4, -0.2) is 68.3 Å². The molecule has 3 aliphatic rings. The van der Waals surface area contributed by atoms with Crippen molar-refractivity contribution >= 4 is 29.1 Å². The third kappa shape index (κ3) is 3.64. The number of nitrogens with one attached hydrogen (secondary N) is 2. The SMILES string of the molecule is CNc1nc(C2=NN(CCC(F)(F)C(F)(F)F)C3=NC=CCC23C)nc2c1C(C)(c1nnc(C)o1)C(=O)N2. The number of amidine groups is 1. The van der Waals surface area contributed by atoms with Crippen LogP contribution in [-0.2, 0) is 10.2 Å². The molecule has 5 rings (SSSR count). The van der Waals surface area contributed by atoms with E-state index < -0.39 is 41.8 Å². The quantitative estimate of drug-likeness (QED) is 0.534. The number of alkyl halides is 5. The maximum absolute atomic E-state index is 13.7. The lowest BCUT2D eigenvalue weighted by atomic mass is 9.79. The summed E-state index contributed by atoms with van der Waals surface area (Å²) in [6.07, 6.45) is -3.74. The van der Waals surface area contributed by atoms with Crippen molar-refractivity contribution in [2.75, 3.05) is 24.2 Å². The van der Waals surface area contributed by atoms with Crippen molar-refractivity contribution < 1.29 is 31.2 Å². The van der Waals surface area contributed by atoms with Crippen molar-refractivity contribution in [1.82, 2.24) is 25.2 Å². The van der Waals surface area contributed by atoms with Crippen molar-refractivity contribution in [3.63, 3.8) is 0 Å². The Kier molecular flexibility index (Phi) is 5.58. The lowest BCUT2D eigenvalue weighted by Crippen LogP contribution is -2.42. The van der Waals surface area contributed by atoms with Crippen molar-refractivity contribution in [2.24, 2.45) is 15.5 Å². The fourth-order valence-electron chi connectivity index (χ4n) is 4.67. The topological polar surface area (TPSA) is 134 Å². The molecule has 0 saturated heterocycles. The Labute approximate surface area is 212 Å². The van der Waals surface area contributed by atoms with E-state index in [0.29, 0.717) is 12.0 Å². The predicted molar refractivity (Wildman–Crippen MR) is 124 cm³/mol. The van der Waals surface area contributed by atoms with Crippen LogP contribution in [0.5, 0.6) is 0 Å². The first-order valence-electron chi connectivity index (χ1n) is 11.5. The van der Waals surface area contributed by atoms with Crippen LogP contribution in [0.15, 0.2) is 26.8 Å². The molecule has 2 aromatic heterocycles. The van der Waals surface area contributed by atoms with E-state index >= 15 is 0 Å². The van der Waals surface area contributed by atoms with Crippen molar-refractivity contribution in [3.8, 4) is 0 Å². The van der Waals surface area contributed by atoms with Crippen LogP contribution in [0.25, 0.3) is 0 Å². The number of carbonyl (C=O) groups is 1. The first kappa shape index (κ1) is 25.7. The van der Waals surface area contributed by atoms with Crippen LogP contribution in [0.1, 0.15) is 49.9 Å². The molecule has 0 radical (unpaired) electrons. The number of aliphatic imine (C=N–C) groups is 1. The third-order valence-electron chi connectivity index (χ3n) is 6.86. The molecular formula is C22H22F5N9O2. The summed E-state index contributed by atoms with van der Waals surface area (Å²) >= 11 is 0. The second kappa shape index (κ2) is 8.26. The van der Waals surface area contributed by atoms with Gasteiger partial charge in [0.05, 0.1) is 11.0 Å². The first-order valence-corrected chi connectivity index (χ1v) is 11.5. The zero-order valence-corrected chi connectivity index (χ0v) is 20.6. The van der Waals surface area contributed by atoms with Gasteiger partial charge in [0, 0.05) is 33.1 Å². The minimum atomic E-state index is -5.69. The smallest absolute Gasteiger partial charge is 0.424 e. The molecule has 2 unspecified atom stereocenters. The average molecular weight is 539 g/mol. The molecule has 3 aliphatic heterocycles. The highest BCUT2D eigenvalue weighted by Gasteiger charge is 2.58. The number of carbonyl (C=O) groups excluding carboxylic acids is 1. The van der Waals surface area contributed by atoms with Crippen molar-refractivity contribution in [3.05, 3.63) is 35.4 Å². The third-order valence-corrected chi connectivity index (χ3v) is 6.86. The van der Waals surface area contributed by atoms with E-state index in [9.17, 15) is 26.7 Å². The Balaban J connectivity index is 1.57. The van der Waals surface area contributed by atoms with Crippen LogP contribution < -0.4 is 10.6 Å². The molecule has 2 aromatic rings. The molecule has 2 atom stereocenters. The number of nitrogens with zero attached hydrogens (tertiary/aromatic N) is 7. The van der Waals surface area contributed by atoms with Crippen LogP contribution in [0.4, 0.5) is 33.6 Å². The van der Waals surface area contributed by atoms with Gasteiger partial charge in [0.25, 0.3) is 0 Å². The summed E-state index contributed by atoms with van der Waals surface area (Å²) in [5, 5.41) is 18.8. The Bertz CT molecular complexity index is 1420. The highest BCUT2D eigenvalue weighted by molar-refractivity contribution is 6.20. The Morgan fingerprint density at radius 1 is 1.18 bits per heavy atom. The van der Waals surface area contributed by atoms with Crippen LogP contribution >= 0.6 is 0 Å². The van der Waals surface area contributed by atoms with E-state index in [0.717, 1.165) is 5.01 Å². The van der Waals surface area contributed by atoms with E-state index in [1.807, 2.05) is 0 Å². The zero-order chi connectivity index (χ0) is 27.7. The van der Waals surface area contributed by atoms with Gasteiger partial charge in [-0.1, -0.05) is 6.08 Å². The first-order chi connectivity index (χ1) is 17.7. The molecule has 0 aliphatic carbocycles. The standard InChI is InChI=1S/C22H22F5N9O2/c1-10-33-34-18(38-10)20(3)11-13(28-4)30-15(31-14(11)32-17(20)37)12-19(2)6-5-8-29-16(19)36(35-12)9-7-21(23,24)22(25,26)27/h5,8H,6-7,9H2,1-4H3,(H2,28,30,31,32,37). The van der Waals surface area contributed by atoms with Gasteiger partial charge in [-0.05, 0) is 20.3 Å². The van der Waals surface area contributed by atoms with Crippen LogP contribution in [0.2, 0.25) is 0 Å². The fourth-order valence-corrected chi connectivity index (χ4v) is 4.67. The van der Waals surface area contributed by atoms with Crippen LogP contribution in [0.3, 0.4) is 0 Å². The summed E-state index contributed by atoms with van der Waals surface area (Å²) < 4.78 is 71.2. The molecular weight excluding hydrogens is 517 g/mol. The minimum Gasteiger partial charge on any atom is -0.424 e. The van der Waals surface area contributed by atoms with E-state index in [2.05, 4.69) is 40.9 Å². The number of fused-ring (bicyclic) bond motifs is 2. The van der Waals surface area contributed by atoms with E-state index in [4.69, 9.17) is 4.42 Å². The Morgan fingerprint density at radius 3 is 2.55 bits per heavy atom. The number of hydrogen-bond acceptors (Lipinski definition) is 10. The van der Waals surface area contributed by atoms with E-state index in [-0.39, 0.29) is 40.8 Å². The number of anilines is 2. The molecule has 202 valence electrons. The van der Waals surface area contributed by atoms with Gasteiger partial charge in [-0.15, -0.1) is 10.2 Å². The highest BCUT2D eigenvalue weighted by atomic mass is 19.4. The number of hydrazone groups is 1. The van der Waals surface area contributed by atoms with Gasteiger partial charge in [0.1, 0.15) is 23.2 Å². The lowest BCUT2D eigenvalue weighted by Gasteiger charge is -2.29. The van der Waals surface area contributed by atoms with Gasteiger partial charge >= 0.3 is 12.1 Å². The summed E-state index contributed by atoms with van der Waals surface area (Å²) in [7, 11) is 1.58. The second-order valence-corrected chi connectivity index (χ2v) is 9.47. The summed E-state index contributed by atoms with van der Waals surface area (Å²) in [5.74, 6) is -4.50. The number of halogens is 5. The molecule has 0 fully saturated rings. The summed E-state index contributed by atoms with van der Waals surface area (Å²) in [6.45, 7) is 4.14. The molecule has 38 heavy (non-hydrogen) atoms. The largest absolute Gasteiger partial charge is 0.453 e. The molecule has 11 nitrogen and oxygen atoms in total. The number of rotatable bonds is 6. The number of hydrogen-bond donors (Lipinski definition) is 2. The average Bonchev–Trinajstić information content (AvgIpc) is 3.49. The summed E-state index contributed by atoms with van der Waals surface area (Å²) in [6, 6.07) is 0. The van der Waals surface area contributed by atoms with Gasteiger partial charge < -0.3 is 15.1 Å². The number of aromatic nitrogens is 4. The van der Waals surface area contributed by atoms with Gasteiger partial charge in [0.15, 0.2) is 11.2 Å².